The summed E-state index contributed by atoms with van der Waals surface area (Å²) in [5.41, 5.74) is 2.29. The molecule has 0 amide bonds. The van der Waals surface area contributed by atoms with Crippen LogP contribution in [0.5, 0.6) is 0 Å². The molecule has 0 aliphatic rings. The molecule has 0 bridgehead atoms. The smallest absolute Gasteiger partial charge is 0.143 e. The average molecular weight is 431 g/mol. The third-order valence-electron chi connectivity index (χ3n) is 5.22. The van der Waals surface area contributed by atoms with E-state index in [1.807, 2.05) is 0 Å². The Kier molecular flexibility index (Phi) is 5.27. The van der Waals surface area contributed by atoms with Crippen LogP contribution in [0.4, 0.5) is 0 Å². The topological polar surface area (TPSA) is 51.6 Å². The van der Waals surface area contributed by atoms with Crippen molar-refractivity contribution in [2.24, 2.45) is 0 Å². The van der Waals surface area contributed by atoms with Crippen molar-refractivity contribution in [3.63, 3.8) is 0 Å². The van der Waals surface area contributed by atoms with E-state index < -0.39 is 0 Å². The number of rotatable bonds is 6. The van der Waals surface area contributed by atoms with Crippen molar-refractivity contribution < 1.29 is 0 Å². The SMILES string of the molecule is CCCc1nnc(-c2ccc3c(ccc4c(-c5nnc(CCC)s5)cccc43)c2)s1. The van der Waals surface area contributed by atoms with E-state index >= 15 is 0 Å². The van der Waals surface area contributed by atoms with E-state index in [9.17, 15) is 0 Å². The van der Waals surface area contributed by atoms with Crippen LogP contribution < -0.4 is 0 Å². The molecule has 6 heteroatoms. The van der Waals surface area contributed by atoms with Crippen molar-refractivity contribution in [2.45, 2.75) is 39.5 Å². The van der Waals surface area contributed by atoms with Gasteiger partial charge in [0.2, 0.25) is 0 Å². The maximum atomic E-state index is 4.46. The van der Waals surface area contributed by atoms with Gasteiger partial charge in [-0.3, -0.25) is 0 Å². The summed E-state index contributed by atoms with van der Waals surface area (Å²) in [7, 11) is 0. The molecule has 0 aliphatic heterocycles. The lowest BCUT2D eigenvalue weighted by molar-refractivity contribution is 0.879. The van der Waals surface area contributed by atoms with Gasteiger partial charge in [0.05, 0.1) is 0 Å². The third kappa shape index (κ3) is 3.50. The second-order valence-electron chi connectivity index (χ2n) is 7.40. The van der Waals surface area contributed by atoms with Crippen molar-refractivity contribution in [1.29, 1.82) is 0 Å². The van der Waals surface area contributed by atoms with Crippen molar-refractivity contribution in [3.8, 4) is 21.1 Å². The van der Waals surface area contributed by atoms with E-state index in [1.54, 1.807) is 22.7 Å². The molecule has 0 fully saturated rings. The molecule has 0 saturated carbocycles. The van der Waals surface area contributed by atoms with Gasteiger partial charge in [0, 0.05) is 24.0 Å². The third-order valence-corrected chi connectivity index (χ3v) is 7.26. The highest BCUT2D eigenvalue weighted by atomic mass is 32.1. The molecule has 0 atom stereocenters. The minimum absolute atomic E-state index is 0.986. The zero-order valence-corrected chi connectivity index (χ0v) is 18.7. The first-order chi connectivity index (χ1) is 14.8. The molecule has 0 unspecified atom stereocenters. The molecule has 0 saturated heterocycles. The highest BCUT2D eigenvalue weighted by Gasteiger charge is 2.13. The van der Waals surface area contributed by atoms with Gasteiger partial charge in [-0.05, 0) is 40.5 Å². The molecule has 2 heterocycles. The van der Waals surface area contributed by atoms with E-state index in [0.717, 1.165) is 56.8 Å². The zero-order chi connectivity index (χ0) is 20.5. The van der Waals surface area contributed by atoms with Crippen LogP contribution in [0.25, 0.3) is 42.7 Å². The van der Waals surface area contributed by atoms with Crippen LogP contribution in [0.2, 0.25) is 0 Å². The normalized spacial score (nSPS) is 11.5. The second-order valence-corrected chi connectivity index (χ2v) is 9.53. The van der Waals surface area contributed by atoms with Crippen LogP contribution in [0.15, 0.2) is 48.5 Å². The first kappa shape index (κ1) is 19.3. The van der Waals surface area contributed by atoms with Crippen LogP contribution in [0.1, 0.15) is 36.7 Å². The molecule has 2 aromatic heterocycles. The number of hydrogen-bond acceptors (Lipinski definition) is 6. The van der Waals surface area contributed by atoms with E-state index in [4.69, 9.17) is 0 Å². The number of benzene rings is 3. The maximum absolute atomic E-state index is 4.46. The van der Waals surface area contributed by atoms with Gasteiger partial charge in [0.25, 0.3) is 0 Å². The molecule has 0 aliphatic carbocycles. The molecule has 0 spiro atoms. The quantitative estimate of drug-likeness (QED) is 0.274. The monoisotopic (exact) mass is 430 g/mol. The Bertz CT molecular complexity index is 1340. The van der Waals surface area contributed by atoms with Crippen molar-refractivity contribution in [1.82, 2.24) is 20.4 Å². The molecular formula is C24H22N4S2. The summed E-state index contributed by atoms with van der Waals surface area (Å²) >= 11 is 3.39. The molecular weight excluding hydrogens is 408 g/mol. The molecule has 30 heavy (non-hydrogen) atoms. The van der Waals surface area contributed by atoms with Crippen LogP contribution in [-0.2, 0) is 12.8 Å². The number of hydrogen-bond donors (Lipinski definition) is 0. The Morgan fingerprint density at radius 1 is 0.667 bits per heavy atom. The summed E-state index contributed by atoms with van der Waals surface area (Å²) in [6.07, 6.45) is 4.16. The van der Waals surface area contributed by atoms with Gasteiger partial charge in [-0.2, -0.15) is 0 Å². The Balaban J connectivity index is 1.59. The first-order valence-electron chi connectivity index (χ1n) is 10.4. The van der Waals surface area contributed by atoms with E-state index in [0.29, 0.717) is 0 Å². The molecule has 0 N–H and O–H groups in total. The number of aromatic nitrogens is 4. The Labute approximate surface area is 183 Å². The highest BCUT2D eigenvalue weighted by molar-refractivity contribution is 7.15. The molecule has 0 radical (unpaired) electrons. The lowest BCUT2D eigenvalue weighted by atomic mass is 9.97. The van der Waals surface area contributed by atoms with Gasteiger partial charge in [-0.25, -0.2) is 0 Å². The first-order valence-corrected chi connectivity index (χ1v) is 12.0. The summed E-state index contributed by atoms with van der Waals surface area (Å²) in [4.78, 5) is 0. The zero-order valence-electron chi connectivity index (χ0n) is 17.1. The number of nitrogens with zero attached hydrogens (tertiary/aromatic N) is 4. The highest BCUT2D eigenvalue weighted by Crippen LogP contribution is 2.36. The Morgan fingerprint density at radius 2 is 1.37 bits per heavy atom. The lowest BCUT2D eigenvalue weighted by Gasteiger charge is -2.08. The Hall–Kier alpha value is -2.70. The summed E-state index contributed by atoms with van der Waals surface area (Å²) in [5, 5.41) is 26.7. The molecule has 5 aromatic rings. The summed E-state index contributed by atoms with van der Waals surface area (Å²) < 4.78 is 0. The van der Waals surface area contributed by atoms with E-state index in [2.05, 4.69) is 82.8 Å². The van der Waals surface area contributed by atoms with E-state index in [-0.39, 0.29) is 0 Å². The number of aryl methyl sites for hydroxylation is 2. The predicted octanol–water partition coefficient (Wildman–Crippen LogP) is 6.94. The van der Waals surface area contributed by atoms with Gasteiger partial charge in [0.1, 0.15) is 20.0 Å². The molecule has 5 rings (SSSR count). The summed E-state index contributed by atoms with van der Waals surface area (Å²) in [5.74, 6) is 0. The van der Waals surface area contributed by atoms with Gasteiger partial charge >= 0.3 is 0 Å². The number of fused-ring (bicyclic) bond motifs is 3. The second kappa shape index (κ2) is 8.20. The molecule has 150 valence electrons. The van der Waals surface area contributed by atoms with Crippen LogP contribution in [0.3, 0.4) is 0 Å². The maximum Gasteiger partial charge on any atom is 0.148 e. The standard InChI is InChI=1S/C24H22N4S2/c1-3-6-21-25-27-23(29-21)16-11-12-17-15(14-16)10-13-19-18(17)8-5-9-20(19)24-28-26-22(30-24)7-4-2/h5,8-14H,3-4,6-7H2,1-2H3. The van der Waals surface area contributed by atoms with Gasteiger partial charge < -0.3 is 0 Å². The van der Waals surface area contributed by atoms with Crippen molar-refractivity contribution in [3.05, 3.63) is 58.5 Å². The fraction of sp³-hybridized carbons (Fsp3) is 0.250. The Morgan fingerprint density at radius 3 is 2.13 bits per heavy atom. The fourth-order valence-electron chi connectivity index (χ4n) is 3.78. The van der Waals surface area contributed by atoms with Crippen molar-refractivity contribution in [2.75, 3.05) is 0 Å². The summed E-state index contributed by atoms with van der Waals surface area (Å²) in [6, 6.07) is 17.5. The fourth-order valence-corrected chi connectivity index (χ4v) is 5.70. The molecule has 4 nitrogen and oxygen atoms in total. The van der Waals surface area contributed by atoms with Crippen molar-refractivity contribution >= 4 is 44.2 Å². The minimum atomic E-state index is 0.986. The predicted molar refractivity (Wildman–Crippen MR) is 127 cm³/mol. The van der Waals surface area contributed by atoms with Crippen LogP contribution >= 0.6 is 22.7 Å². The summed E-state index contributed by atoms with van der Waals surface area (Å²) in [6.45, 7) is 4.34. The molecule has 3 aromatic carbocycles. The largest absolute Gasteiger partial charge is 0.148 e. The average Bonchev–Trinajstić information content (AvgIpc) is 3.43. The minimum Gasteiger partial charge on any atom is -0.143 e. The van der Waals surface area contributed by atoms with Gasteiger partial charge in [-0.1, -0.05) is 79.0 Å². The lowest BCUT2D eigenvalue weighted by Crippen LogP contribution is -1.84. The van der Waals surface area contributed by atoms with Crippen LogP contribution in [-0.4, -0.2) is 20.4 Å². The van der Waals surface area contributed by atoms with E-state index in [1.165, 1.54) is 21.5 Å². The van der Waals surface area contributed by atoms with Crippen LogP contribution in [0, 0.1) is 0 Å². The van der Waals surface area contributed by atoms with Gasteiger partial charge in [0.15, 0.2) is 0 Å². The van der Waals surface area contributed by atoms with Gasteiger partial charge in [-0.15, -0.1) is 20.4 Å².